The summed E-state index contributed by atoms with van der Waals surface area (Å²) in [7, 11) is 0. The fraction of sp³-hybridized carbons (Fsp3) is 0. The Kier molecular flexibility index (Phi) is 2.21. The Labute approximate surface area is 103 Å². The first-order valence-electron chi connectivity index (χ1n) is 5.31. The Morgan fingerprint density at radius 3 is 2.94 bits per heavy atom. The smallest absolute Gasteiger partial charge is 0.186 e. The summed E-state index contributed by atoms with van der Waals surface area (Å²) in [6, 6.07) is 7.53. The van der Waals surface area contributed by atoms with Crippen molar-refractivity contribution in [3.05, 3.63) is 42.4 Å². The SMILES string of the molecule is C#Cc1cccc(-n2cc3c(N)ncnc3n2)c1. The third-order valence-electron chi connectivity index (χ3n) is 2.62. The average Bonchev–Trinajstić information content (AvgIpc) is 2.84. The summed E-state index contributed by atoms with van der Waals surface area (Å²) in [5, 5.41) is 5.06. The first-order valence-corrected chi connectivity index (χ1v) is 5.31. The van der Waals surface area contributed by atoms with Crippen LogP contribution < -0.4 is 5.73 Å². The number of nitrogens with zero attached hydrogens (tertiary/aromatic N) is 4. The van der Waals surface area contributed by atoms with Crippen LogP contribution in [0, 0.1) is 12.3 Å². The van der Waals surface area contributed by atoms with E-state index in [0.717, 1.165) is 16.6 Å². The molecule has 5 nitrogen and oxygen atoms in total. The second-order valence-electron chi connectivity index (χ2n) is 3.76. The maximum absolute atomic E-state index is 5.77. The third kappa shape index (κ3) is 1.57. The van der Waals surface area contributed by atoms with E-state index in [0.29, 0.717) is 11.5 Å². The van der Waals surface area contributed by atoms with Gasteiger partial charge in [-0.2, -0.15) is 0 Å². The zero-order valence-electron chi connectivity index (χ0n) is 9.41. The molecule has 0 aliphatic rings. The standard InChI is InChI=1S/C13H9N5/c1-2-9-4-3-5-10(6-9)18-7-11-12(14)15-8-16-13(11)17-18/h1,3-8H,(H2,14,15,16,17). The number of benzene rings is 1. The van der Waals surface area contributed by atoms with E-state index in [2.05, 4.69) is 21.0 Å². The van der Waals surface area contributed by atoms with Crippen molar-refractivity contribution in [2.45, 2.75) is 0 Å². The van der Waals surface area contributed by atoms with Gasteiger partial charge < -0.3 is 5.73 Å². The second kappa shape index (κ2) is 3.86. The van der Waals surface area contributed by atoms with Crippen molar-refractivity contribution in [3.8, 4) is 18.0 Å². The van der Waals surface area contributed by atoms with Crippen LogP contribution in [0.4, 0.5) is 5.82 Å². The second-order valence-corrected chi connectivity index (χ2v) is 3.76. The van der Waals surface area contributed by atoms with Gasteiger partial charge in [0.2, 0.25) is 0 Å². The van der Waals surface area contributed by atoms with E-state index >= 15 is 0 Å². The highest BCUT2D eigenvalue weighted by molar-refractivity contribution is 5.84. The first kappa shape index (κ1) is 10.3. The van der Waals surface area contributed by atoms with Crippen molar-refractivity contribution >= 4 is 16.9 Å². The fourth-order valence-electron chi connectivity index (χ4n) is 1.73. The van der Waals surface area contributed by atoms with Gasteiger partial charge in [-0.15, -0.1) is 11.5 Å². The van der Waals surface area contributed by atoms with Gasteiger partial charge in [-0.1, -0.05) is 12.0 Å². The molecule has 0 spiro atoms. The minimum absolute atomic E-state index is 0.416. The van der Waals surface area contributed by atoms with E-state index in [1.165, 1.54) is 6.33 Å². The molecule has 0 amide bonds. The van der Waals surface area contributed by atoms with Crippen LogP contribution in [0.5, 0.6) is 0 Å². The maximum atomic E-state index is 5.77. The number of hydrogen-bond donors (Lipinski definition) is 1. The lowest BCUT2D eigenvalue weighted by molar-refractivity contribution is 0.889. The number of nitrogen functional groups attached to an aromatic ring is 1. The molecule has 3 aromatic rings. The molecule has 86 valence electrons. The minimum Gasteiger partial charge on any atom is -0.383 e. The summed E-state index contributed by atoms with van der Waals surface area (Å²) in [5.74, 6) is 3.00. The quantitative estimate of drug-likeness (QED) is 0.647. The normalized spacial score (nSPS) is 10.4. The van der Waals surface area contributed by atoms with Gasteiger partial charge in [-0.05, 0) is 18.2 Å². The lowest BCUT2D eigenvalue weighted by Crippen LogP contribution is -1.94. The van der Waals surface area contributed by atoms with Gasteiger partial charge in [-0.25, -0.2) is 14.6 Å². The summed E-state index contributed by atoms with van der Waals surface area (Å²) in [6.07, 6.45) is 8.56. The number of nitrogens with two attached hydrogens (primary N) is 1. The lowest BCUT2D eigenvalue weighted by atomic mass is 10.2. The van der Waals surface area contributed by atoms with Crippen LogP contribution >= 0.6 is 0 Å². The average molecular weight is 235 g/mol. The molecular weight excluding hydrogens is 226 g/mol. The van der Waals surface area contributed by atoms with Crippen LogP contribution in [0.15, 0.2) is 36.8 Å². The third-order valence-corrected chi connectivity index (χ3v) is 2.62. The molecule has 2 aromatic heterocycles. The van der Waals surface area contributed by atoms with Crippen LogP contribution in [0.1, 0.15) is 5.56 Å². The van der Waals surface area contributed by atoms with Crippen LogP contribution in [-0.2, 0) is 0 Å². The molecule has 0 bridgehead atoms. The van der Waals surface area contributed by atoms with Crippen molar-refractivity contribution in [1.82, 2.24) is 19.7 Å². The van der Waals surface area contributed by atoms with Gasteiger partial charge in [0.25, 0.3) is 0 Å². The summed E-state index contributed by atoms with van der Waals surface area (Å²) >= 11 is 0. The van der Waals surface area contributed by atoms with E-state index < -0.39 is 0 Å². The van der Waals surface area contributed by atoms with Crippen molar-refractivity contribution in [3.63, 3.8) is 0 Å². The number of hydrogen-bond acceptors (Lipinski definition) is 4. The molecule has 18 heavy (non-hydrogen) atoms. The molecule has 0 radical (unpaired) electrons. The molecule has 0 saturated carbocycles. The Morgan fingerprint density at radius 2 is 2.17 bits per heavy atom. The van der Waals surface area contributed by atoms with E-state index in [1.54, 1.807) is 10.9 Å². The van der Waals surface area contributed by atoms with E-state index in [-0.39, 0.29) is 0 Å². The number of fused-ring (bicyclic) bond motifs is 1. The van der Waals surface area contributed by atoms with Gasteiger partial charge >= 0.3 is 0 Å². The molecule has 0 unspecified atom stereocenters. The van der Waals surface area contributed by atoms with E-state index in [4.69, 9.17) is 12.2 Å². The first-order chi connectivity index (χ1) is 8.78. The Morgan fingerprint density at radius 1 is 1.28 bits per heavy atom. The Bertz CT molecular complexity index is 766. The van der Waals surface area contributed by atoms with Gasteiger partial charge in [0, 0.05) is 11.8 Å². The highest BCUT2D eigenvalue weighted by Gasteiger charge is 2.07. The highest BCUT2D eigenvalue weighted by Crippen LogP contribution is 2.18. The van der Waals surface area contributed by atoms with Crippen molar-refractivity contribution < 1.29 is 0 Å². The molecule has 5 heteroatoms. The van der Waals surface area contributed by atoms with Crippen LogP contribution in [0.3, 0.4) is 0 Å². The maximum Gasteiger partial charge on any atom is 0.186 e. The van der Waals surface area contributed by atoms with Gasteiger partial charge in [0.1, 0.15) is 12.1 Å². The van der Waals surface area contributed by atoms with E-state index in [1.807, 2.05) is 24.3 Å². The summed E-state index contributed by atoms with van der Waals surface area (Å²) in [4.78, 5) is 8.00. The molecule has 0 saturated heterocycles. The molecule has 0 aliphatic carbocycles. The molecular formula is C13H9N5. The monoisotopic (exact) mass is 235 g/mol. The fourth-order valence-corrected chi connectivity index (χ4v) is 1.73. The Balaban J connectivity index is 2.20. The molecule has 0 fully saturated rings. The zero-order valence-corrected chi connectivity index (χ0v) is 9.41. The Hall–Kier alpha value is -2.87. The molecule has 3 rings (SSSR count). The molecule has 1 aromatic carbocycles. The van der Waals surface area contributed by atoms with Gasteiger partial charge in [0.05, 0.1) is 11.1 Å². The van der Waals surface area contributed by atoms with Crippen LogP contribution in [0.25, 0.3) is 16.7 Å². The summed E-state index contributed by atoms with van der Waals surface area (Å²) in [6.45, 7) is 0. The predicted octanol–water partition coefficient (Wildman–Crippen LogP) is 1.38. The number of anilines is 1. The predicted molar refractivity (Wildman–Crippen MR) is 69.0 cm³/mol. The van der Waals surface area contributed by atoms with Gasteiger partial charge in [-0.3, -0.25) is 0 Å². The highest BCUT2D eigenvalue weighted by atomic mass is 15.3. The zero-order chi connectivity index (χ0) is 12.5. The van der Waals surface area contributed by atoms with Crippen molar-refractivity contribution in [1.29, 1.82) is 0 Å². The number of rotatable bonds is 1. The lowest BCUT2D eigenvalue weighted by Gasteiger charge is -2.00. The summed E-state index contributed by atoms with van der Waals surface area (Å²) in [5.41, 5.74) is 7.99. The molecule has 2 heterocycles. The molecule has 2 N–H and O–H groups in total. The van der Waals surface area contributed by atoms with Crippen molar-refractivity contribution in [2.24, 2.45) is 0 Å². The summed E-state index contributed by atoms with van der Waals surface area (Å²) < 4.78 is 1.69. The van der Waals surface area contributed by atoms with Crippen LogP contribution in [-0.4, -0.2) is 19.7 Å². The number of aromatic nitrogens is 4. The molecule has 0 atom stereocenters. The molecule has 0 aliphatic heterocycles. The van der Waals surface area contributed by atoms with E-state index in [9.17, 15) is 0 Å². The topological polar surface area (TPSA) is 69.6 Å². The van der Waals surface area contributed by atoms with Crippen LogP contribution in [0.2, 0.25) is 0 Å². The number of terminal acetylenes is 1. The largest absolute Gasteiger partial charge is 0.383 e. The van der Waals surface area contributed by atoms with Gasteiger partial charge in [0.15, 0.2) is 5.65 Å². The van der Waals surface area contributed by atoms with Crippen molar-refractivity contribution in [2.75, 3.05) is 5.73 Å². The minimum atomic E-state index is 0.416.